The quantitative estimate of drug-likeness (QED) is 0.713. The van der Waals surface area contributed by atoms with E-state index >= 15 is 0 Å². The topological polar surface area (TPSA) is 20.3 Å². The third kappa shape index (κ3) is 3.22. The largest absolute Gasteiger partial charge is 0.342 e. The molecule has 0 N–H and O–H groups in total. The second kappa shape index (κ2) is 5.43. The first-order valence-electron chi connectivity index (χ1n) is 6.70. The van der Waals surface area contributed by atoms with Gasteiger partial charge in [-0.1, -0.05) is 22.9 Å². The van der Waals surface area contributed by atoms with Gasteiger partial charge in [0.2, 0.25) is 11.8 Å². The monoisotopic (exact) mass is 323 g/mol. The molecule has 0 aromatic heterocycles. The molecule has 18 heavy (non-hydrogen) atoms. The molecule has 2 unspecified atom stereocenters. The lowest BCUT2D eigenvalue weighted by atomic mass is 9.93. The molecule has 1 saturated heterocycles. The van der Waals surface area contributed by atoms with E-state index < -0.39 is 11.8 Å². The lowest BCUT2D eigenvalue weighted by Gasteiger charge is -2.34. The third-order valence-electron chi connectivity index (χ3n) is 4.25. The number of carbonyl (C=O) groups is 1. The van der Waals surface area contributed by atoms with Crippen molar-refractivity contribution in [2.24, 2.45) is 11.8 Å². The number of halogens is 3. The predicted octanol–water partition coefficient (Wildman–Crippen LogP) is 3.44. The van der Waals surface area contributed by atoms with Gasteiger partial charge in [0.05, 0.1) is 0 Å². The second-order valence-corrected chi connectivity index (χ2v) is 7.08. The van der Waals surface area contributed by atoms with Crippen molar-refractivity contribution in [3.63, 3.8) is 0 Å². The minimum absolute atomic E-state index is 0.0483. The molecule has 1 saturated carbocycles. The smallest absolute Gasteiger partial charge is 0.248 e. The van der Waals surface area contributed by atoms with Crippen LogP contribution in [0.5, 0.6) is 0 Å². The molecular weight excluding hydrogens is 304 g/mol. The van der Waals surface area contributed by atoms with Gasteiger partial charge in [-0.05, 0) is 25.2 Å². The van der Waals surface area contributed by atoms with Crippen LogP contribution in [0.25, 0.3) is 0 Å². The Morgan fingerprint density at radius 1 is 1.33 bits per heavy atom. The van der Waals surface area contributed by atoms with E-state index in [1.54, 1.807) is 4.90 Å². The van der Waals surface area contributed by atoms with Crippen molar-refractivity contribution in [1.29, 1.82) is 0 Å². The second-order valence-electron chi connectivity index (χ2n) is 5.64. The molecule has 104 valence electrons. The standard InChI is InChI=1S/C13H20BrF2NO/c1-9(14)10-3-6-17(7-4-10)12(18)11-2-5-13(15,16)8-11/h9-11H,2-8H2,1H3. The number of alkyl halides is 3. The number of piperidine rings is 1. The molecule has 1 aliphatic heterocycles. The maximum absolute atomic E-state index is 13.1. The summed E-state index contributed by atoms with van der Waals surface area (Å²) >= 11 is 3.57. The number of carbonyl (C=O) groups excluding carboxylic acids is 1. The molecule has 1 heterocycles. The Balaban J connectivity index is 1.85. The minimum Gasteiger partial charge on any atom is -0.342 e. The summed E-state index contributed by atoms with van der Waals surface area (Å²) in [4.78, 5) is 14.4. The fourth-order valence-electron chi connectivity index (χ4n) is 3.00. The van der Waals surface area contributed by atoms with Gasteiger partial charge in [-0.3, -0.25) is 4.79 Å². The van der Waals surface area contributed by atoms with Gasteiger partial charge < -0.3 is 4.90 Å². The molecule has 5 heteroatoms. The molecule has 2 fully saturated rings. The summed E-state index contributed by atoms with van der Waals surface area (Å²) in [5, 5.41) is 0. The highest BCUT2D eigenvalue weighted by Gasteiger charge is 2.44. The maximum Gasteiger partial charge on any atom is 0.248 e. The van der Waals surface area contributed by atoms with Crippen LogP contribution in [-0.4, -0.2) is 34.6 Å². The fourth-order valence-corrected chi connectivity index (χ4v) is 3.53. The van der Waals surface area contributed by atoms with Crippen LogP contribution < -0.4 is 0 Å². The van der Waals surface area contributed by atoms with Gasteiger partial charge in [0.1, 0.15) is 0 Å². The van der Waals surface area contributed by atoms with Crippen molar-refractivity contribution < 1.29 is 13.6 Å². The van der Waals surface area contributed by atoms with E-state index in [4.69, 9.17) is 0 Å². The first-order valence-corrected chi connectivity index (χ1v) is 7.61. The Hall–Kier alpha value is -0.190. The lowest BCUT2D eigenvalue weighted by Crippen LogP contribution is -2.42. The highest BCUT2D eigenvalue weighted by atomic mass is 79.9. The molecule has 2 nitrogen and oxygen atoms in total. The van der Waals surface area contributed by atoms with Crippen LogP contribution in [0, 0.1) is 11.8 Å². The Morgan fingerprint density at radius 3 is 2.39 bits per heavy atom. The fraction of sp³-hybridized carbons (Fsp3) is 0.923. The van der Waals surface area contributed by atoms with E-state index in [1.165, 1.54) is 0 Å². The molecule has 2 rings (SSSR count). The summed E-state index contributed by atoms with van der Waals surface area (Å²) in [6.07, 6.45) is 1.92. The van der Waals surface area contributed by atoms with Crippen LogP contribution in [0.3, 0.4) is 0 Å². The van der Waals surface area contributed by atoms with E-state index in [2.05, 4.69) is 22.9 Å². The molecule has 0 aromatic carbocycles. The van der Waals surface area contributed by atoms with Crippen LogP contribution in [0.1, 0.15) is 39.0 Å². The minimum atomic E-state index is -2.62. The molecule has 2 aliphatic rings. The lowest BCUT2D eigenvalue weighted by molar-refractivity contribution is -0.137. The first-order chi connectivity index (χ1) is 8.39. The zero-order valence-electron chi connectivity index (χ0n) is 10.7. The van der Waals surface area contributed by atoms with Gasteiger partial charge in [-0.25, -0.2) is 8.78 Å². The van der Waals surface area contributed by atoms with Gasteiger partial charge >= 0.3 is 0 Å². The maximum atomic E-state index is 13.1. The van der Waals surface area contributed by atoms with E-state index in [0.29, 0.717) is 17.2 Å². The van der Waals surface area contributed by atoms with E-state index in [0.717, 1.165) is 25.9 Å². The Morgan fingerprint density at radius 2 is 1.94 bits per heavy atom. The number of hydrogen-bond donors (Lipinski definition) is 0. The van der Waals surface area contributed by atoms with Crippen molar-refractivity contribution in [3.05, 3.63) is 0 Å². The summed E-state index contributed by atoms with van der Waals surface area (Å²) < 4.78 is 26.2. The van der Waals surface area contributed by atoms with Crippen molar-refractivity contribution >= 4 is 21.8 Å². The molecule has 2 atom stereocenters. The van der Waals surface area contributed by atoms with Gasteiger partial charge in [-0.15, -0.1) is 0 Å². The number of likely N-dealkylation sites (tertiary alicyclic amines) is 1. The van der Waals surface area contributed by atoms with Crippen molar-refractivity contribution in [2.75, 3.05) is 13.1 Å². The number of amides is 1. The summed E-state index contributed by atoms with van der Waals surface area (Å²) in [6.45, 7) is 3.57. The van der Waals surface area contributed by atoms with E-state index in [-0.39, 0.29) is 18.7 Å². The molecule has 0 spiro atoms. The van der Waals surface area contributed by atoms with Gasteiger partial charge in [0.25, 0.3) is 0 Å². The summed E-state index contributed by atoms with van der Waals surface area (Å²) in [6, 6.07) is 0. The third-order valence-corrected chi connectivity index (χ3v) is 5.00. The molecule has 1 aliphatic carbocycles. The zero-order valence-corrected chi connectivity index (χ0v) is 12.3. The number of rotatable bonds is 2. The summed E-state index contributed by atoms with van der Waals surface area (Å²) in [5.41, 5.74) is 0. The van der Waals surface area contributed by atoms with Crippen LogP contribution in [-0.2, 0) is 4.79 Å². The van der Waals surface area contributed by atoms with Crippen LogP contribution in [0.2, 0.25) is 0 Å². The van der Waals surface area contributed by atoms with Crippen LogP contribution in [0.15, 0.2) is 0 Å². The highest BCUT2D eigenvalue weighted by Crippen LogP contribution is 2.40. The predicted molar refractivity (Wildman–Crippen MR) is 70.0 cm³/mol. The summed E-state index contributed by atoms with van der Waals surface area (Å²) in [7, 11) is 0. The number of nitrogens with zero attached hydrogens (tertiary/aromatic N) is 1. The average Bonchev–Trinajstić information content (AvgIpc) is 2.69. The molecule has 0 bridgehead atoms. The van der Waals surface area contributed by atoms with Crippen molar-refractivity contribution in [3.8, 4) is 0 Å². The molecular formula is C13H20BrF2NO. The van der Waals surface area contributed by atoms with Gasteiger partial charge in [0.15, 0.2) is 0 Å². The summed E-state index contributed by atoms with van der Waals surface area (Å²) in [5.74, 6) is -2.52. The number of hydrogen-bond acceptors (Lipinski definition) is 1. The van der Waals surface area contributed by atoms with Gasteiger partial charge in [-0.2, -0.15) is 0 Å². The normalized spacial score (nSPS) is 30.4. The molecule has 1 amide bonds. The molecule has 0 aromatic rings. The Bertz CT molecular complexity index is 314. The van der Waals surface area contributed by atoms with Crippen LogP contribution in [0.4, 0.5) is 8.78 Å². The van der Waals surface area contributed by atoms with Gasteiger partial charge in [0, 0.05) is 36.7 Å². The van der Waals surface area contributed by atoms with Crippen molar-refractivity contribution in [1.82, 2.24) is 4.90 Å². The zero-order chi connectivity index (χ0) is 13.3. The Labute approximate surface area is 115 Å². The Kier molecular flexibility index (Phi) is 4.29. The van der Waals surface area contributed by atoms with E-state index in [9.17, 15) is 13.6 Å². The van der Waals surface area contributed by atoms with Crippen molar-refractivity contribution in [2.45, 2.75) is 49.8 Å². The van der Waals surface area contributed by atoms with E-state index in [1.807, 2.05) is 0 Å². The highest BCUT2D eigenvalue weighted by molar-refractivity contribution is 9.09. The SMILES string of the molecule is CC(Br)C1CCN(C(=O)C2CCC(F)(F)C2)CC1. The van der Waals surface area contributed by atoms with Crippen LogP contribution >= 0.6 is 15.9 Å². The average molecular weight is 324 g/mol. The molecule has 0 radical (unpaired) electrons. The first kappa shape index (κ1) is 14.2.